The molecule has 6 nitrogen and oxygen atoms in total. The molecule has 0 saturated carbocycles. The van der Waals surface area contributed by atoms with E-state index in [0.717, 1.165) is 27.2 Å². The second-order valence-electron chi connectivity index (χ2n) is 9.18. The number of benzene rings is 3. The van der Waals surface area contributed by atoms with Gasteiger partial charge in [0, 0.05) is 5.56 Å². The van der Waals surface area contributed by atoms with Crippen molar-refractivity contribution in [2.75, 3.05) is 13.2 Å². The Kier molecular flexibility index (Phi) is 5.32. The fraction of sp³-hybridized carbons (Fsp3) is 0.214. The van der Waals surface area contributed by atoms with E-state index in [4.69, 9.17) is 4.74 Å². The third kappa shape index (κ3) is 3.00. The summed E-state index contributed by atoms with van der Waals surface area (Å²) in [5.74, 6) is -3.57. The number of alkyl halides is 2. The minimum absolute atomic E-state index is 0.362. The van der Waals surface area contributed by atoms with Crippen LogP contribution in [0.3, 0.4) is 0 Å². The van der Waals surface area contributed by atoms with Crippen LogP contribution in [0.2, 0.25) is 0 Å². The molecule has 8 heteroatoms. The highest BCUT2D eigenvalue weighted by atomic mass is 79.9. The first-order valence-electron chi connectivity index (χ1n) is 11.5. The van der Waals surface area contributed by atoms with E-state index in [1.807, 2.05) is 48.5 Å². The Labute approximate surface area is 223 Å². The summed E-state index contributed by atoms with van der Waals surface area (Å²) in [6, 6.07) is 24.0. The van der Waals surface area contributed by atoms with Gasteiger partial charge in [0.25, 0.3) is 0 Å². The molecule has 1 fully saturated rings. The van der Waals surface area contributed by atoms with Crippen LogP contribution in [0, 0.1) is 11.8 Å². The average molecular weight is 609 g/mol. The van der Waals surface area contributed by atoms with Gasteiger partial charge >= 0.3 is 5.97 Å². The summed E-state index contributed by atoms with van der Waals surface area (Å²) < 4.78 is 3.31. The number of hydrogen-bond donors (Lipinski definition) is 0. The summed E-state index contributed by atoms with van der Waals surface area (Å²) in [5, 5.41) is 0. The third-order valence-electron chi connectivity index (χ3n) is 7.42. The highest BCUT2D eigenvalue weighted by Crippen LogP contribution is 2.70. The van der Waals surface area contributed by atoms with Gasteiger partial charge in [-0.2, -0.15) is 0 Å². The molecule has 3 aliphatic carbocycles. The number of likely N-dealkylation sites (tertiary alicyclic amines) is 1. The number of nitrogens with zero attached hydrogens (tertiary/aromatic N) is 1. The summed E-state index contributed by atoms with van der Waals surface area (Å²) in [6.07, 6.45) is 0. The van der Waals surface area contributed by atoms with Crippen molar-refractivity contribution in [3.63, 3.8) is 0 Å². The van der Waals surface area contributed by atoms with E-state index < -0.39 is 51.4 Å². The number of carbonyl (C=O) groups excluding carboxylic acids is 4. The maximum Gasteiger partial charge on any atom is 0.326 e. The Morgan fingerprint density at radius 1 is 0.722 bits per heavy atom. The van der Waals surface area contributed by atoms with Crippen LogP contribution in [-0.2, 0) is 27.8 Å². The minimum Gasteiger partial charge on any atom is -0.456 e. The monoisotopic (exact) mass is 607 g/mol. The summed E-state index contributed by atoms with van der Waals surface area (Å²) in [7, 11) is 0. The number of Topliss-reactive ketones (excluding diaryl/α,β-unsaturated/α-hetero) is 1. The number of ether oxygens (including phenoxy) is 1. The molecule has 1 heterocycles. The summed E-state index contributed by atoms with van der Waals surface area (Å²) in [5.41, 5.74) is 4.09. The molecule has 3 aromatic carbocycles. The Hall–Kier alpha value is -3.10. The maximum atomic E-state index is 13.8. The molecular formula is C28H19Br2NO5. The lowest BCUT2D eigenvalue weighted by Crippen LogP contribution is -2.56. The van der Waals surface area contributed by atoms with Crippen LogP contribution in [-0.4, -0.2) is 41.6 Å². The third-order valence-corrected chi connectivity index (χ3v) is 10.1. The molecule has 36 heavy (non-hydrogen) atoms. The Bertz CT molecular complexity index is 1330. The van der Waals surface area contributed by atoms with E-state index in [1.54, 1.807) is 30.3 Å². The molecule has 3 aromatic rings. The summed E-state index contributed by atoms with van der Waals surface area (Å²) in [6.45, 7) is -1.01. The topological polar surface area (TPSA) is 80.8 Å². The molecule has 180 valence electrons. The van der Waals surface area contributed by atoms with Crippen molar-refractivity contribution in [3.05, 3.63) is 107 Å². The van der Waals surface area contributed by atoms with E-state index in [9.17, 15) is 19.2 Å². The van der Waals surface area contributed by atoms with E-state index in [-0.39, 0.29) is 5.78 Å². The predicted molar refractivity (Wildman–Crippen MR) is 138 cm³/mol. The van der Waals surface area contributed by atoms with Crippen molar-refractivity contribution in [1.82, 2.24) is 4.90 Å². The predicted octanol–water partition coefficient (Wildman–Crippen LogP) is 4.32. The van der Waals surface area contributed by atoms with Crippen molar-refractivity contribution in [3.8, 4) is 0 Å². The Morgan fingerprint density at radius 2 is 1.14 bits per heavy atom. The Morgan fingerprint density at radius 3 is 1.58 bits per heavy atom. The second kappa shape index (κ2) is 8.21. The standard InChI is InChI=1S/C28H19Br2NO5/c29-27-17-10-4-5-11-18(17)28(30,20-13-7-6-12-19(20)27)24-23(27)25(34)31(26(24)35)14-22(33)36-15-21(32)16-8-2-1-3-9-16/h1-13,23-24H,14-15H2/t23-,24-,27?,28?/m0/s1. The first-order valence-corrected chi connectivity index (χ1v) is 13.0. The van der Waals surface area contributed by atoms with Crippen molar-refractivity contribution in [2.24, 2.45) is 11.8 Å². The zero-order valence-corrected chi connectivity index (χ0v) is 22.0. The van der Waals surface area contributed by atoms with Crippen LogP contribution in [0.25, 0.3) is 0 Å². The van der Waals surface area contributed by atoms with Gasteiger partial charge in [-0.25, -0.2) is 0 Å². The van der Waals surface area contributed by atoms with Gasteiger partial charge in [0.05, 0.1) is 20.5 Å². The van der Waals surface area contributed by atoms with E-state index >= 15 is 0 Å². The van der Waals surface area contributed by atoms with Gasteiger partial charge in [0.1, 0.15) is 6.54 Å². The van der Waals surface area contributed by atoms with Crippen LogP contribution in [0.4, 0.5) is 0 Å². The maximum absolute atomic E-state index is 13.8. The van der Waals surface area contributed by atoms with Crippen molar-refractivity contribution in [2.45, 2.75) is 8.65 Å². The van der Waals surface area contributed by atoms with Gasteiger partial charge in [-0.15, -0.1) is 0 Å². The van der Waals surface area contributed by atoms with Crippen LogP contribution in [0.15, 0.2) is 78.9 Å². The lowest BCUT2D eigenvalue weighted by atomic mass is 9.54. The van der Waals surface area contributed by atoms with Crippen molar-refractivity contribution < 1.29 is 23.9 Å². The number of ketones is 1. The van der Waals surface area contributed by atoms with Crippen LogP contribution >= 0.6 is 31.9 Å². The molecule has 2 atom stereocenters. The van der Waals surface area contributed by atoms with E-state index in [0.29, 0.717) is 5.56 Å². The largest absolute Gasteiger partial charge is 0.456 e. The quantitative estimate of drug-likeness (QED) is 0.187. The van der Waals surface area contributed by atoms with Gasteiger partial charge in [-0.1, -0.05) is 111 Å². The highest BCUT2D eigenvalue weighted by molar-refractivity contribution is 9.10. The van der Waals surface area contributed by atoms with E-state index in [1.165, 1.54) is 0 Å². The normalized spacial score (nSPS) is 27.3. The van der Waals surface area contributed by atoms with Crippen molar-refractivity contribution >= 4 is 55.4 Å². The molecular weight excluding hydrogens is 590 g/mol. The van der Waals surface area contributed by atoms with Gasteiger partial charge in [-0.05, 0) is 22.3 Å². The number of amides is 2. The molecule has 0 N–H and O–H groups in total. The lowest BCUT2D eigenvalue weighted by molar-refractivity contribution is -0.152. The van der Waals surface area contributed by atoms with Crippen LogP contribution in [0.1, 0.15) is 32.6 Å². The molecule has 0 aromatic heterocycles. The fourth-order valence-corrected chi connectivity index (χ4v) is 8.21. The molecule has 0 unspecified atom stereocenters. The smallest absolute Gasteiger partial charge is 0.326 e. The van der Waals surface area contributed by atoms with Gasteiger partial charge < -0.3 is 4.74 Å². The first-order chi connectivity index (χ1) is 17.3. The first kappa shape index (κ1) is 23.3. The molecule has 1 aliphatic heterocycles. The zero-order chi connectivity index (χ0) is 25.2. The number of halogens is 2. The molecule has 0 spiro atoms. The Balaban J connectivity index is 1.32. The fourth-order valence-electron chi connectivity index (χ4n) is 5.91. The number of imide groups is 1. The molecule has 2 bridgehead atoms. The number of rotatable bonds is 5. The SMILES string of the molecule is O=C(CN1C(=O)[C@@H]2[C@@H](C1=O)C1(Br)c3ccccc3C2(Br)c2ccccc21)OCC(=O)c1ccccc1. The summed E-state index contributed by atoms with van der Waals surface area (Å²) in [4.78, 5) is 53.5. The highest BCUT2D eigenvalue weighted by Gasteiger charge is 2.72. The zero-order valence-electron chi connectivity index (χ0n) is 18.8. The molecule has 7 rings (SSSR count). The minimum atomic E-state index is -0.922. The van der Waals surface area contributed by atoms with Crippen LogP contribution < -0.4 is 0 Å². The second-order valence-corrected chi connectivity index (χ2v) is 11.7. The number of hydrogen-bond acceptors (Lipinski definition) is 5. The van der Waals surface area contributed by atoms with Gasteiger partial charge in [-0.3, -0.25) is 24.1 Å². The summed E-state index contributed by atoms with van der Waals surface area (Å²) >= 11 is 7.83. The molecule has 1 saturated heterocycles. The molecule has 4 aliphatic rings. The van der Waals surface area contributed by atoms with Crippen LogP contribution in [0.5, 0.6) is 0 Å². The number of carbonyl (C=O) groups is 4. The van der Waals surface area contributed by atoms with E-state index in [2.05, 4.69) is 31.9 Å². The molecule has 2 amide bonds. The number of esters is 1. The lowest BCUT2D eigenvalue weighted by Gasteiger charge is -2.55. The molecule has 0 radical (unpaired) electrons. The van der Waals surface area contributed by atoms with Crippen molar-refractivity contribution in [1.29, 1.82) is 0 Å². The van der Waals surface area contributed by atoms with Gasteiger partial charge in [0.15, 0.2) is 12.4 Å². The van der Waals surface area contributed by atoms with Gasteiger partial charge in [0.2, 0.25) is 11.8 Å². The average Bonchev–Trinajstić information content (AvgIpc) is 3.17.